The van der Waals surface area contributed by atoms with Gasteiger partial charge in [0.25, 0.3) is 0 Å². The Kier molecular flexibility index (Phi) is 5.31. The molecule has 0 spiro atoms. The van der Waals surface area contributed by atoms with Crippen molar-refractivity contribution in [1.29, 1.82) is 5.41 Å². The monoisotopic (exact) mass is 292 g/mol. The number of hydrogen-bond acceptors (Lipinski definition) is 4. The highest BCUT2D eigenvalue weighted by Crippen LogP contribution is 2.31. The summed E-state index contributed by atoms with van der Waals surface area (Å²) in [6.45, 7) is 6.35. The summed E-state index contributed by atoms with van der Waals surface area (Å²) in [6.07, 6.45) is 1.15. The number of thioether (sulfide) groups is 1. The molecule has 0 radical (unpaired) electrons. The van der Waals surface area contributed by atoms with Gasteiger partial charge in [-0.2, -0.15) is 0 Å². The van der Waals surface area contributed by atoms with Crippen molar-refractivity contribution in [3.05, 3.63) is 23.8 Å². The summed E-state index contributed by atoms with van der Waals surface area (Å²) in [5, 5.41) is 7.94. The van der Waals surface area contributed by atoms with Crippen LogP contribution in [0.1, 0.15) is 18.9 Å². The maximum Gasteiger partial charge on any atom is 0.126 e. The molecule has 5 heteroatoms. The molecule has 1 aromatic carbocycles. The number of rotatable bonds is 4. The van der Waals surface area contributed by atoms with Gasteiger partial charge in [0.15, 0.2) is 0 Å². The van der Waals surface area contributed by atoms with E-state index in [0.29, 0.717) is 0 Å². The fourth-order valence-corrected chi connectivity index (χ4v) is 3.46. The van der Waals surface area contributed by atoms with Crippen LogP contribution < -0.4 is 10.6 Å². The largest absolute Gasteiger partial charge is 0.384 e. The number of nitrogen functional groups attached to an aromatic ring is 1. The van der Waals surface area contributed by atoms with E-state index in [1.54, 1.807) is 11.8 Å². The van der Waals surface area contributed by atoms with Crippen LogP contribution in [0.2, 0.25) is 0 Å². The number of anilines is 1. The number of nitrogens with zero attached hydrogens (tertiary/aromatic N) is 2. The molecule has 1 fully saturated rings. The highest BCUT2D eigenvalue weighted by atomic mass is 32.2. The molecular formula is C15H24N4S. The molecule has 2 rings (SSSR count). The summed E-state index contributed by atoms with van der Waals surface area (Å²) in [7, 11) is 2.17. The van der Waals surface area contributed by atoms with Crippen LogP contribution in [-0.4, -0.2) is 49.7 Å². The van der Waals surface area contributed by atoms with E-state index in [-0.39, 0.29) is 5.84 Å². The standard InChI is InChI=1S/C15H24N4S/c1-3-20-13-7-4-6-12(14(13)15(16)17)19-9-5-8-18(2)10-11-19/h4,6-7H,3,5,8-11H2,1-2H3,(H3,16,17). The van der Waals surface area contributed by atoms with Crippen LogP contribution >= 0.6 is 11.8 Å². The maximum absolute atomic E-state index is 7.94. The lowest BCUT2D eigenvalue weighted by Crippen LogP contribution is -2.31. The molecule has 0 amide bonds. The van der Waals surface area contributed by atoms with Crippen molar-refractivity contribution in [1.82, 2.24) is 4.90 Å². The second kappa shape index (κ2) is 6.99. The minimum Gasteiger partial charge on any atom is -0.384 e. The predicted molar refractivity (Wildman–Crippen MR) is 88.2 cm³/mol. The maximum atomic E-state index is 7.94. The Labute approximate surface area is 125 Å². The molecule has 0 atom stereocenters. The molecule has 110 valence electrons. The van der Waals surface area contributed by atoms with Gasteiger partial charge in [-0.15, -0.1) is 11.8 Å². The minimum absolute atomic E-state index is 0.175. The van der Waals surface area contributed by atoms with Crippen LogP contribution in [0.4, 0.5) is 5.69 Å². The summed E-state index contributed by atoms with van der Waals surface area (Å²) < 4.78 is 0. The van der Waals surface area contributed by atoms with Gasteiger partial charge in [-0.25, -0.2) is 0 Å². The molecular weight excluding hydrogens is 268 g/mol. The van der Waals surface area contributed by atoms with Gasteiger partial charge >= 0.3 is 0 Å². The van der Waals surface area contributed by atoms with E-state index < -0.39 is 0 Å². The van der Waals surface area contributed by atoms with Gasteiger partial charge in [-0.3, -0.25) is 5.41 Å². The smallest absolute Gasteiger partial charge is 0.126 e. The molecule has 1 saturated heterocycles. The second-order valence-corrected chi connectivity index (χ2v) is 6.45. The first-order chi connectivity index (χ1) is 9.63. The van der Waals surface area contributed by atoms with Crippen LogP contribution in [0.3, 0.4) is 0 Å². The molecule has 1 heterocycles. The van der Waals surface area contributed by atoms with Gasteiger partial charge in [0.2, 0.25) is 0 Å². The molecule has 1 aliphatic heterocycles. The summed E-state index contributed by atoms with van der Waals surface area (Å²) in [6, 6.07) is 6.24. The number of amidine groups is 1. The number of nitrogens with two attached hydrogens (primary N) is 1. The minimum atomic E-state index is 0.175. The summed E-state index contributed by atoms with van der Waals surface area (Å²) in [5.41, 5.74) is 7.87. The van der Waals surface area contributed by atoms with E-state index in [4.69, 9.17) is 11.1 Å². The highest BCUT2D eigenvalue weighted by Gasteiger charge is 2.19. The van der Waals surface area contributed by atoms with Crippen LogP contribution in [-0.2, 0) is 0 Å². The lowest BCUT2D eigenvalue weighted by Gasteiger charge is -2.26. The van der Waals surface area contributed by atoms with Crippen molar-refractivity contribution in [2.75, 3.05) is 43.9 Å². The Balaban J connectivity index is 2.34. The molecule has 0 bridgehead atoms. The van der Waals surface area contributed by atoms with Gasteiger partial charge in [0.1, 0.15) is 5.84 Å². The van der Waals surface area contributed by atoms with Gasteiger partial charge in [-0.05, 0) is 37.9 Å². The average molecular weight is 292 g/mol. The Morgan fingerprint density at radius 2 is 2.10 bits per heavy atom. The molecule has 1 aliphatic rings. The van der Waals surface area contributed by atoms with E-state index in [1.165, 1.54) is 0 Å². The number of likely N-dealkylation sites (N-methyl/N-ethyl adjacent to an activating group) is 1. The second-order valence-electron chi connectivity index (χ2n) is 5.14. The Morgan fingerprint density at radius 3 is 2.80 bits per heavy atom. The molecule has 3 N–H and O–H groups in total. The summed E-state index contributed by atoms with van der Waals surface area (Å²) >= 11 is 1.76. The zero-order valence-corrected chi connectivity index (χ0v) is 13.2. The number of hydrogen-bond donors (Lipinski definition) is 2. The lowest BCUT2D eigenvalue weighted by molar-refractivity contribution is 0.360. The van der Waals surface area contributed by atoms with E-state index in [1.807, 2.05) is 0 Å². The summed E-state index contributed by atoms with van der Waals surface area (Å²) in [4.78, 5) is 5.85. The van der Waals surface area contributed by atoms with Crippen LogP contribution in [0.25, 0.3) is 0 Å². The van der Waals surface area contributed by atoms with E-state index in [2.05, 4.69) is 42.0 Å². The third-order valence-electron chi connectivity index (χ3n) is 3.63. The lowest BCUT2D eigenvalue weighted by atomic mass is 10.1. The quantitative estimate of drug-likeness (QED) is 0.507. The zero-order valence-electron chi connectivity index (χ0n) is 12.4. The van der Waals surface area contributed by atoms with Crippen molar-refractivity contribution >= 4 is 23.3 Å². The molecule has 1 aromatic rings. The van der Waals surface area contributed by atoms with E-state index in [9.17, 15) is 0 Å². The fourth-order valence-electron chi connectivity index (χ4n) is 2.62. The van der Waals surface area contributed by atoms with E-state index in [0.717, 1.165) is 54.5 Å². The molecule has 0 unspecified atom stereocenters. The van der Waals surface area contributed by atoms with Crippen molar-refractivity contribution in [3.63, 3.8) is 0 Å². The van der Waals surface area contributed by atoms with E-state index >= 15 is 0 Å². The van der Waals surface area contributed by atoms with Gasteiger partial charge in [-0.1, -0.05) is 13.0 Å². The highest BCUT2D eigenvalue weighted by molar-refractivity contribution is 7.99. The van der Waals surface area contributed by atoms with Crippen LogP contribution in [0.15, 0.2) is 23.1 Å². The molecule has 0 aromatic heterocycles. The molecule has 20 heavy (non-hydrogen) atoms. The van der Waals surface area contributed by atoms with Crippen molar-refractivity contribution < 1.29 is 0 Å². The first kappa shape index (κ1) is 15.2. The fraction of sp³-hybridized carbons (Fsp3) is 0.533. The molecule has 0 aliphatic carbocycles. The Bertz CT molecular complexity index is 475. The van der Waals surface area contributed by atoms with Crippen molar-refractivity contribution in [2.24, 2.45) is 5.73 Å². The molecule has 0 saturated carbocycles. The Hall–Kier alpha value is -1.20. The van der Waals surface area contributed by atoms with Gasteiger partial charge in [0, 0.05) is 30.2 Å². The predicted octanol–water partition coefficient (Wildman–Crippen LogP) is 2.22. The summed E-state index contributed by atoms with van der Waals surface area (Å²) in [5.74, 6) is 1.17. The van der Waals surface area contributed by atoms with Crippen LogP contribution in [0, 0.1) is 5.41 Å². The SMILES string of the molecule is CCSc1cccc(N2CCCN(C)CC2)c1C(=N)N. The first-order valence-corrected chi connectivity index (χ1v) is 8.15. The number of nitrogens with one attached hydrogen (secondary N) is 1. The van der Waals surface area contributed by atoms with Crippen molar-refractivity contribution in [2.45, 2.75) is 18.2 Å². The zero-order chi connectivity index (χ0) is 14.5. The third kappa shape index (κ3) is 3.46. The first-order valence-electron chi connectivity index (χ1n) is 7.17. The number of benzene rings is 1. The van der Waals surface area contributed by atoms with Gasteiger partial charge in [0.05, 0.1) is 5.56 Å². The van der Waals surface area contributed by atoms with Crippen LogP contribution in [0.5, 0.6) is 0 Å². The third-order valence-corrected chi connectivity index (χ3v) is 4.57. The molecule has 4 nitrogen and oxygen atoms in total. The Morgan fingerprint density at radius 1 is 1.30 bits per heavy atom. The van der Waals surface area contributed by atoms with Crippen molar-refractivity contribution in [3.8, 4) is 0 Å². The van der Waals surface area contributed by atoms with Gasteiger partial charge < -0.3 is 15.5 Å². The topological polar surface area (TPSA) is 56.4 Å². The normalized spacial score (nSPS) is 17.0. The average Bonchev–Trinajstić information content (AvgIpc) is 2.63.